The Morgan fingerprint density at radius 1 is 0.636 bits per heavy atom. The van der Waals surface area contributed by atoms with Gasteiger partial charge in [0.2, 0.25) is 0 Å². The third kappa shape index (κ3) is 4.97. The van der Waals surface area contributed by atoms with Crippen molar-refractivity contribution in [2.24, 2.45) is 23.2 Å². The van der Waals surface area contributed by atoms with Gasteiger partial charge < -0.3 is 0 Å². The molecule has 6 rings (SSSR count). The Kier molecular flexibility index (Phi) is 7.58. The molecular weight excluding hydrogens is 396 g/mol. The highest BCUT2D eigenvalue weighted by Gasteiger charge is 2.52. The lowest BCUT2D eigenvalue weighted by atomic mass is 9.47. The van der Waals surface area contributed by atoms with Crippen LogP contribution in [0.1, 0.15) is 153 Å². The van der Waals surface area contributed by atoms with Crippen molar-refractivity contribution in [1.29, 1.82) is 0 Å². The monoisotopic (exact) mass is 448 g/mol. The SMILES string of the molecule is CCCCC1CCC(C23CCC(c4ccc(C5CCC(CCC)CC5)cc4)(CC2)CC3)CC1. The summed E-state index contributed by atoms with van der Waals surface area (Å²) in [6.07, 6.45) is 28.2. The van der Waals surface area contributed by atoms with Gasteiger partial charge in [0.1, 0.15) is 0 Å². The van der Waals surface area contributed by atoms with Crippen molar-refractivity contribution in [2.45, 2.75) is 147 Å². The number of unbranched alkanes of at least 4 members (excludes halogenated alkanes) is 1. The average molecular weight is 449 g/mol. The standard InChI is InChI=1S/C33H52/c1-3-5-7-27-10-16-30(17-11-27)32-20-23-33(24-21-32,25-22-32)31-18-14-29(15-19-31)28-12-8-26(6-4-2)9-13-28/h14-15,18-19,26-28,30H,3-13,16-17,20-25H2,1-2H3. The van der Waals surface area contributed by atoms with Crippen molar-refractivity contribution >= 4 is 0 Å². The van der Waals surface area contributed by atoms with Crippen LogP contribution in [0.15, 0.2) is 24.3 Å². The van der Waals surface area contributed by atoms with Crippen molar-refractivity contribution in [3.8, 4) is 0 Å². The minimum absolute atomic E-state index is 0.525. The van der Waals surface area contributed by atoms with E-state index in [2.05, 4.69) is 38.1 Å². The maximum Gasteiger partial charge on any atom is -0.00463 e. The quantitative estimate of drug-likeness (QED) is 0.371. The summed E-state index contributed by atoms with van der Waals surface area (Å²) in [5, 5.41) is 0. The maximum absolute atomic E-state index is 2.57. The first-order valence-corrected chi connectivity index (χ1v) is 15.3. The first-order valence-electron chi connectivity index (χ1n) is 15.3. The molecule has 0 spiro atoms. The highest BCUT2D eigenvalue weighted by atomic mass is 14.6. The van der Waals surface area contributed by atoms with E-state index in [-0.39, 0.29) is 0 Å². The molecule has 0 atom stereocenters. The molecule has 0 heteroatoms. The Labute approximate surface area is 205 Å². The number of hydrogen-bond acceptors (Lipinski definition) is 0. The molecule has 184 valence electrons. The lowest BCUT2D eigenvalue weighted by Gasteiger charge is -2.58. The fourth-order valence-electron chi connectivity index (χ4n) is 9.12. The van der Waals surface area contributed by atoms with Crippen LogP contribution in [0.4, 0.5) is 0 Å². The molecular formula is C33H52. The zero-order valence-electron chi connectivity index (χ0n) is 22.1. The molecule has 0 radical (unpaired) electrons. The predicted octanol–water partition coefficient (Wildman–Crippen LogP) is 10.3. The van der Waals surface area contributed by atoms with Crippen molar-refractivity contribution < 1.29 is 0 Å². The molecule has 5 saturated carbocycles. The van der Waals surface area contributed by atoms with Gasteiger partial charge in [0.25, 0.3) is 0 Å². The molecule has 1 aromatic rings. The molecule has 5 fully saturated rings. The highest BCUT2D eigenvalue weighted by Crippen LogP contribution is 2.62. The van der Waals surface area contributed by atoms with Crippen LogP contribution >= 0.6 is 0 Å². The molecule has 0 N–H and O–H groups in total. The molecule has 0 aromatic heterocycles. The van der Waals surface area contributed by atoms with Crippen LogP contribution in [-0.2, 0) is 5.41 Å². The van der Waals surface area contributed by atoms with E-state index in [0.717, 1.165) is 29.1 Å². The Morgan fingerprint density at radius 3 is 1.79 bits per heavy atom. The van der Waals surface area contributed by atoms with Gasteiger partial charge in [-0.05, 0) is 123 Å². The molecule has 0 amide bonds. The van der Waals surface area contributed by atoms with Crippen molar-refractivity contribution in [3.05, 3.63) is 35.4 Å². The molecule has 0 saturated heterocycles. The van der Waals surface area contributed by atoms with E-state index in [1.165, 1.54) is 96.3 Å². The van der Waals surface area contributed by atoms with Gasteiger partial charge in [-0.1, -0.05) is 83.1 Å². The summed E-state index contributed by atoms with van der Waals surface area (Å²) >= 11 is 0. The molecule has 1 aromatic carbocycles. The summed E-state index contributed by atoms with van der Waals surface area (Å²) in [6, 6.07) is 10.2. The summed E-state index contributed by atoms with van der Waals surface area (Å²) in [7, 11) is 0. The lowest BCUT2D eigenvalue weighted by molar-refractivity contribution is -0.0294. The van der Waals surface area contributed by atoms with Gasteiger partial charge in [0, 0.05) is 0 Å². The van der Waals surface area contributed by atoms with E-state index >= 15 is 0 Å². The largest absolute Gasteiger partial charge is 0.0654 e. The first kappa shape index (κ1) is 23.9. The Bertz CT molecular complexity index is 701. The minimum Gasteiger partial charge on any atom is -0.0654 e. The fourth-order valence-corrected chi connectivity index (χ4v) is 9.12. The molecule has 33 heavy (non-hydrogen) atoms. The Balaban J connectivity index is 1.16. The minimum atomic E-state index is 0.525. The zero-order valence-corrected chi connectivity index (χ0v) is 22.1. The van der Waals surface area contributed by atoms with Crippen molar-refractivity contribution in [3.63, 3.8) is 0 Å². The van der Waals surface area contributed by atoms with Gasteiger partial charge in [-0.25, -0.2) is 0 Å². The van der Waals surface area contributed by atoms with Crippen LogP contribution in [0.5, 0.6) is 0 Å². The molecule has 0 aliphatic heterocycles. The van der Waals surface area contributed by atoms with Gasteiger partial charge in [0.15, 0.2) is 0 Å². The van der Waals surface area contributed by atoms with E-state index in [9.17, 15) is 0 Å². The number of rotatable bonds is 8. The smallest absolute Gasteiger partial charge is 0.00463 e. The second kappa shape index (κ2) is 10.5. The molecule has 5 aliphatic rings. The average Bonchev–Trinajstić information content (AvgIpc) is 2.89. The predicted molar refractivity (Wildman–Crippen MR) is 143 cm³/mol. The molecule has 0 heterocycles. The lowest BCUT2D eigenvalue weighted by Crippen LogP contribution is -2.48. The normalized spacial score (nSPS) is 39.0. The molecule has 0 nitrogen and oxygen atoms in total. The second-order valence-electron chi connectivity index (χ2n) is 13.1. The third-order valence-electron chi connectivity index (χ3n) is 11.5. The van der Waals surface area contributed by atoms with E-state index in [4.69, 9.17) is 0 Å². The first-order chi connectivity index (χ1) is 16.2. The van der Waals surface area contributed by atoms with Crippen molar-refractivity contribution in [2.75, 3.05) is 0 Å². The summed E-state index contributed by atoms with van der Waals surface area (Å²) in [5.74, 6) is 3.96. The maximum atomic E-state index is 2.57. The summed E-state index contributed by atoms with van der Waals surface area (Å²) in [6.45, 7) is 4.71. The summed E-state index contributed by atoms with van der Waals surface area (Å²) in [5.41, 5.74) is 4.60. The Hall–Kier alpha value is -0.780. The van der Waals surface area contributed by atoms with Crippen LogP contribution in [0.3, 0.4) is 0 Å². The third-order valence-corrected chi connectivity index (χ3v) is 11.5. The van der Waals surface area contributed by atoms with Crippen LogP contribution in [0.25, 0.3) is 0 Å². The Morgan fingerprint density at radius 2 is 1.21 bits per heavy atom. The van der Waals surface area contributed by atoms with Crippen molar-refractivity contribution in [1.82, 2.24) is 0 Å². The molecule has 0 unspecified atom stereocenters. The van der Waals surface area contributed by atoms with Gasteiger partial charge in [0.05, 0.1) is 0 Å². The van der Waals surface area contributed by atoms with E-state index in [1.807, 2.05) is 0 Å². The van der Waals surface area contributed by atoms with Crippen LogP contribution < -0.4 is 0 Å². The summed E-state index contributed by atoms with van der Waals surface area (Å²) < 4.78 is 0. The highest BCUT2D eigenvalue weighted by molar-refractivity contribution is 5.33. The topological polar surface area (TPSA) is 0 Å². The van der Waals surface area contributed by atoms with Crippen LogP contribution in [0, 0.1) is 23.2 Å². The van der Waals surface area contributed by atoms with Gasteiger partial charge in [-0.2, -0.15) is 0 Å². The number of benzene rings is 1. The van der Waals surface area contributed by atoms with E-state index in [1.54, 1.807) is 36.8 Å². The van der Waals surface area contributed by atoms with Gasteiger partial charge >= 0.3 is 0 Å². The second-order valence-corrected chi connectivity index (χ2v) is 13.1. The number of fused-ring (bicyclic) bond motifs is 3. The van der Waals surface area contributed by atoms with E-state index in [0.29, 0.717) is 5.41 Å². The van der Waals surface area contributed by atoms with Gasteiger partial charge in [-0.3, -0.25) is 0 Å². The van der Waals surface area contributed by atoms with Crippen LogP contribution in [0.2, 0.25) is 0 Å². The summed E-state index contributed by atoms with van der Waals surface area (Å²) in [4.78, 5) is 0. The zero-order chi connectivity index (χ0) is 22.7. The van der Waals surface area contributed by atoms with Gasteiger partial charge in [-0.15, -0.1) is 0 Å². The fraction of sp³-hybridized carbons (Fsp3) is 0.818. The molecule has 5 aliphatic carbocycles. The van der Waals surface area contributed by atoms with Crippen LogP contribution in [-0.4, -0.2) is 0 Å². The van der Waals surface area contributed by atoms with E-state index < -0.39 is 0 Å². The molecule has 2 bridgehead atoms. The number of hydrogen-bond donors (Lipinski definition) is 0.